The third-order valence-electron chi connectivity index (χ3n) is 2.28. The average Bonchev–Trinajstić information content (AvgIpc) is 2.86. The number of hydrogen-bond acceptors (Lipinski definition) is 8. The van der Waals surface area contributed by atoms with Crippen molar-refractivity contribution in [3.8, 4) is 0 Å². The summed E-state index contributed by atoms with van der Waals surface area (Å²) in [7, 11) is 2.86. The fourth-order valence-electron chi connectivity index (χ4n) is 1.34. The fraction of sp³-hybridized carbons (Fsp3) is 0.583. The molecule has 0 unspecified atom stereocenters. The van der Waals surface area contributed by atoms with Crippen LogP contribution in [0.25, 0.3) is 0 Å². The molecule has 0 amide bonds. The van der Waals surface area contributed by atoms with Gasteiger partial charge < -0.3 is 19.5 Å². The van der Waals surface area contributed by atoms with Crippen LogP contribution in [0.15, 0.2) is 0 Å². The first kappa shape index (κ1) is 16.5. The average molecular weight is 302 g/mol. The van der Waals surface area contributed by atoms with E-state index in [9.17, 15) is 9.59 Å². The lowest BCUT2D eigenvalue weighted by atomic mass is 10.3. The van der Waals surface area contributed by atoms with Crippen LogP contribution < -0.4 is 5.32 Å². The van der Waals surface area contributed by atoms with E-state index in [0.717, 1.165) is 11.3 Å². The van der Waals surface area contributed by atoms with Gasteiger partial charge in [0.15, 0.2) is 16.6 Å². The van der Waals surface area contributed by atoms with Crippen molar-refractivity contribution in [1.82, 2.24) is 4.98 Å². The predicted molar refractivity (Wildman–Crippen MR) is 74.6 cm³/mol. The van der Waals surface area contributed by atoms with Crippen LogP contribution in [0.1, 0.15) is 27.1 Å². The van der Waals surface area contributed by atoms with Gasteiger partial charge in [-0.3, -0.25) is 4.79 Å². The van der Waals surface area contributed by atoms with E-state index in [4.69, 9.17) is 9.47 Å². The van der Waals surface area contributed by atoms with Gasteiger partial charge in [0.25, 0.3) is 0 Å². The van der Waals surface area contributed by atoms with Gasteiger partial charge in [-0.1, -0.05) is 11.3 Å². The molecular formula is C12H18N2O5S. The quantitative estimate of drug-likeness (QED) is 0.417. The van der Waals surface area contributed by atoms with Crippen LogP contribution in [0.2, 0.25) is 0 Å². The molecule has 0 bridgehead atoms. The maximum atomic E-state index is 11.5. The Morgan fingerprint density at radius 1 is 1.25 bits per heavy atom. The molecule has 0 saturated carbocycles. The second-order valence-electron chi connectivity index (χ2n) is 3.78. The Hall–Kier alpha value is -1.51. The van der Waals surface area contributed by atoms with E-state index in [-0.39, 0.29) is 11.5 Å². The van der Waals surface area contributed by atoms with Crippen LogP contribution in [0, 0.1) is 0 Å². The highest BCUT2D eigenvalue weighted by molar-refractivity contribution is 7.17. The van der Waals surface area contributed by atoms with Gasteiger partial charge in [-0.25, -0.2) is 9.78 Å². The number of Topliss-reactive ketones (excluding diaryl/α,β-unsaturated/α-hetero) is 1. The Morgan fingerprint density at radius 2 is 2.00 bits per heavy atom. The highest BCUT2D eigenvalue weighted by Crippen LogP contribution is 2.24. The molecule has 0 aliphatic rings. The third kappa shape index (κ3) is 4.87. The van der Waals surface area contributed by atoms with Crippen molar-refractivity contribution in [2.45, 2.75) is 6.92 Å². The summed E-state index contributed by atoms with van der Waals surface area (Å²) in [4.78, 5) is 27.3. The first-order valence-corrected chi connectivity index (χ1v) is 6.82. The Morgan fingerprint density at radius 3 is 2.60 bits per heavy atom. The van der Waals surface area contributed by atoms with Crippen molar-refractivity contribution in [3.05, 3.63) is 10.6 Å². The molecule has 0 aliphatic heterocycles. The number of ether oxygens (including phenoxy) is 3. The Labute approximate surface area is 121 Å². The van der Waals surface area contributed by atoms with Crippen LogP contribution in [-0.4, -0.2) is 57.3 Å². The second-order valence-corrected chi connectivity index (χ2v) is 4.78. The maximum absolute atomic E-state index is 11.5. The van der Waals surface area contributed by atoms with Gasteiger partial charge in [0, 0.05) is 20.6 Å². The number of nitrogens with zero attached hydrogens (tertiary/aromatic N) is 1. The largest absolute Gasteiger partial charge is 0.464 e. The molecule has 8 heteroatoms. The summed E-state index contributed by atoms with van der Waals surface area (Å²) in [5, 5.41) is 3.49. The van der Waals surface area contributed by atoms with Crippen molar-refractivity contribution in [3.63, 3.8) is 0 Å². The number of ketones is 1. The van der Waals surface area contributed by atoms with Crippen LogP contribution in [-0.2, 0) is 14.2 Å². The van der Waals surface area contributed by atoms with Crippen molar-refractivity contribution in [1.29, 1.82) is 0 Å². The van der Waals surface area contributed by atoms with Crippen molar-refractivity contribution >= 4 is 28.2 Å². The number of carbonyl (C=O) groups is 2. The van der Waals surface area contributed by atoms with Crippen molar-refractivity contribution in [2.24, 2.45) is 0 Å². The van der Waals surface area contributed by atoms with E-state index in [1.54, 1.807) is 7.11 Å². The van der Waals surface area contributed by atoms with E-state index >= 15 is 0 Å². The topological polar surface area (TPSA) is 86.8 Å². The summed E-state index contributed by atoms with van der Waals surface area (Å²) in [6, 6.07) is 0. The molecule has 0 spiro atoms. The molecule has 7 nitrogen and oxygen atoms in total. The zero-order chi connectivity index (χ0) is 15.0. The van der Waals surface area contributed by atoms with Gasteiger partial charge in [0.2, 0.25) is 0 Å². The summed E-state index contributed by atoms with van der Waals surface area (Å²) in [5.41, 5.74) is 0.0489. The van der Waals surface area contributed by atoms with Gasteiger partial charge in [-0.05, 0) is 0 Å². The molecule has 0 fully saturated rings. The normalized spacial score (nSPS) is 10.3. The Bertz CT molecular complexity index is 461. The zero-order valence-corrected chi connectivity index (χ0v) is 12.5. The van der Waals surface area contributed by atoms with Crippen LogP contribution >= 0.6 is 11.3 Å². The first-order chi connectivity index (χ1) is 9.60. The van der Waals surface area contributed by atoms with Crippen LogP contribution in [0.3, 0.4) is 0 Å². The van der Waals surface area contributed by atoms with Crippen molar-refractivity contribution in [2.75, 3.05) is 45.9 Å². The zero-order valence-electron chi connectivity index (χ0n) is 11.7. The highest BCUT2D eigenvalue weighted by Gasteiger charge is 2.21. The lowest BCUT2D eigenvalue weighted by molar-refractivity contribution is 0.0591. The number of hydrogen-bond donors (Lipinski definition) is 1. The molecule has 0 atom stereocenters. The Kier molecular flexibility index (Phi) is 7.13. The van der Waals surface area contributed by atoms with Gasteiger partial charge in [-0.15, -0.1) is 0 Å². The number of anilines is 1. The molecule has 1 aromatic heterocycles. The minimum Gasteiger partial charge on any atom is -0.464 e. The number of nitrogens with one attached hydrogen (secondary N) is 1. The minimum absolute atomic E-state index is 0.0489. The number of esters is 1. The molecule has 0 radical (unpaired) electrons. The summed E-state index contributed by atoms with van der Waals surface area (Å²) in [6.07, 6.45) is 0. The minimum atomic E-state index is -0.615. The van der Waals surface area contributed by atoms with E-state index in [2.05, 4.69) is 15.0 Å². The monoisotopic (exact) mass is 302 g/mol. The number of thiazole rings is 1. The SMILES string of the molecule is COCCOCCNc1nc(C(=O)OC)c(C(C)=O)s1. The predicted octanol–water partition coefficient (Wildman–Crippen LogP) is 1.21. The van der Waals surface area contributed by atoms with E-state index < -0.39 is 5.97 Å². The molecule has 1 aromatic rings. The highest BCUT2D eigenvalue weighted by atomic mass is 32.1. The summed E-state index contributed by atoms with van der Waals surface area (Å²) < 4.78 is 14.7. The van der Waals surface area contributed by atoms with Gasteiger partial charge in [0.1, 0.15) is 4.88 Å². The fourth-order valence-corrected chi connectivity index (χ4v) is 2.22. The van der Waals surface area contributed by atoms with Crippen molar-refractivity contribution < 1.29 is 23.8 Å². The van der Waals surface area contributed by atoms with Crippen LogP contribution in [0.5, 0.6) is 0 Å². The molecule has 0 saturated heterocycles. The molecule has 1 heterocycles. The summed E-state index contributed by atoms with van der Waals surface area (Å²) in [5.74, 6) is -0.830. The standard InChI is InChI=1S/C12H18N2O5S/c1-8(15)10-9(11(16)18-3)14-12(20-10)13-4-5-19-7-6-17-2/h4-7H2,1-3H3,(H,13,14). The van der Waals surface area contributed by atoms with Crippen LogP contribution in [0.4, 0.5) is 5.13 Å². The van der Waals surface area contributed by atoms with Gasteiger partial charge >= 0.3 is 5.97 Å². The Balaban J connectivity index is 2.54. The number of carbonyl (C=O) groups excluding carboxylic acids is 2. The molecular weight excluding hydrogens is 284 g/mol. The van der Waals surface area contributed by atoms with Gasteiger partial charge in [-0.2, -0.15) is 0 Å². The molecule has 112 valence electrons. The first-order valence-electron chi connectivity index (χ1n) is 6.00. The molecule has 20 heavy (non-hydrogen) atoms. The summed E-state index contributed by atoms with van der Waals surface area (Å²) in [6.45, 7) is 3.44. The number of aromatic nitrogens is 1. The third-order valence-corrected chi connectivity index (χ3v) is 3.39. The molecule has 0 aromatic carbocycles. The molecule has 0 aliphatic carbocycles. The maximum Gasteiger partial charge on any atom is 0.358 e. The lowest BCUT2D eigenvalue weighted by Gasteiger charge is -2.03. The smallest absolute Gasteiger partial charge is 0.358 e. The van der Waals surface area contributed by atoms with E-state index in [1.165, 1.54) is 14.0 Å². The number of methoxy groups -OCH3 is 2. The number of rotatable bonds is 9. The van der Waals surface area contributed by atoms with E-state index in [1.807, 2.05) is 0 Å². The lowest BCUT2D eigenvalue weighted by Crippen LogP contribution is -2.12. The van der Waals surface area contributed by atoms with E-state index in [0.29, 0.717) is 36.4 Å². The summed E-state index contributed by atoms with van der Waals surface area (Å²) >= 11 is 1.13. The second kappa shape index (κ2) is 8.62. The molecule has 1 N–H and O–H groups in total. The van der Waals surface area contributed by atoms with Gasteiger partial charge in [0.05, 0.1) is 26.9 Å². The molecule has 1 rings (SSSR count).